The maximum atomic E-state index is 12.4. The molecule has 40 heavy (non-hydrogen) atoms. The molecular weight excluding hydrogens is 506 g/mol. The van der Waals surface area contributed by atoms with E-state index in [0.29, 0.717) is 6.61 Å². The molecule has 0 radical (unpaired) electrons. The van der Waals surface area contributed by atoms with E-state index in [4.69, 9.17) is 19.4 Å². The number of hydroxylamine groups is 1. The van der Waals surface area contributed by atoms with E-state index >= 15 is 0 Å². The zero-order chi connectivity index (χ0) is 27.5. The first-order valence-corrected chi connectivity index (χ1v) is 14.8. The molecule has 5 fully saturated rings. The van der Waals surface area contributed by atoms with E-state index in [-0.39, 0.29) is 30.6 Å². The third kappa shape index (κ3) is 6.11. The largest absolute Gasteiger partial charge is 0.493 e. The van der Waals surface area contributed by atoms with Crippen molar-refractivity contribution in [2.75, 3.05) is 13.2 Å². The third-order valence-electron chi connectivity index (χ3n) is 9.28. The van der Waals surface area contributed by atoms with Crippen molar-refractivity contribution in [1.29, 1.82) is 0 Å². The fraction of sp³-hybridized carbons (Fsp3) is 0.515. The monoisotopic (exact) mass is 545 g/mol. The number of carboxylic acids is 1. The second kappa shape index (κ2) is 11.8. The van der Waals surface area contributed by atoms with E-state index in [1.807, 2.05) is 24.3 Å². The van der Waals surface area contributed by atoms with Gasteiger partial charge in [0.25, 0.3) is 0 Å². The van der Waals surface area contributed by atoms with Gasteiger partial charge in [0.15, 0.2) is 6.29 Å². The smallest absolute Gasteiger partial charge is 0.328 e. The highest BCUT2D eigenvalue weighted by Crippen LogP contribution is 2.62. The molecule has 1 saturated heterocycles. The fourth-order valence-corrected chi connectivity index (χ4v) is 7.88. The van der Waals surface area contributed by atoms with Gasteiger partial charge in [0.1, 0.15) is 5.75 Å². The van der Waals surface area contributed by atoms with Crippen LogP contribution in [0.25, 0.3) is 17.2 Å². The topological polar surface area (TPSA) is 94.1 Å². The normalized spacial score (nSPS) is 29.0. The summed E-state index contributed by atoms with van der Waals surface area (Å²) < 4.78 is 11.9. The van der Waals surface area contributed by atoms with Crippen LogP contribution in [-0.2, 0) is 24.6 Å². The van der Waals surface area contributed by atoms with Gasteiger partial charge in [-0.15, -0.1) is 0 Å². The van der Waals surface area contributed by atoms with Crippen molar-refractivity contribution in [1.82, 2.24) is 5.48 Å². The summed E-state index contributed by atoms with van der Waals surface area (Å²) in [6.45, 7) is 0.947. The Bertz CT molecular complexity index is 1210. The Hall–Kier alpha value is -3.16. The van der Waals surface area contributed by atoms with E-state index in [9.17, 15) is 9.59 Å². The zero-order valence-corrected chi connectivity index (χ0v) is 23.0. The molecule has 7 nitrogen and oxygen atoms in total. The van der Waals surface area contributed by atoms with Gasteiger partial charge >= 0.3 is 5.97 Å². The molecule has 1 unspecified atom stereocenters. The number of rotatable bonds is 10. The molecule has 4 saturated carbocycles. The van der Waals surface area contributed by atoms with Crippen LogP contribution in [0.1, 0.15) is 75.3 Å². The first kappa shape index (κ1) is 27.0. The summed E-state index contributed by atoms with van der Waals surface area (Å²) in [5, 5.41) is 8.92. The van der Waals surface area contributed by atoms with Crippen LogP contribution in [0.5, 0.6) is 5.75 Å². The molecule has 0 spiro atoms. The molecule has 1 atom stereocenters. The van der Waals surface area contributed by atoms with Crippen molar-refractivity contribution in [3.63, 3.8) is 0 Å². The average Bonchev–Trinajstić information content (AvgIpc) is 2.95. The lowest BCUT2D eigenvalue weighted by atomic mass is 9.48. The van der Waals surface area contributed by atoms with E-state index in [0.717, 1.165) is 65.5 Å². The molecule has 1 heterocycles. The van der Waals surface area contributed by atoms with Gasteiger partial charge in [-0.1, -0.05) is 30.3 Å². The first-order chi connectivity index (χ1) is 19.5. The highest BCUT2D eigenvalue weighted by molar-refractivity contribution is 5.85. The number of amides is 1. The van der Waals surface area contributed by atoms with Gasteiger partial charge in [-0.05, 0) is 109 Å². The highest BCUT2D eigenvalue weighted by Gasteiger charge is 2.52. The van der Waals surface area contributed by atoms with Gasteiger partial charge in [-0.25, -0.2) is 15.1 Å². The van der Waals surface area contributed by atoms with Crippen LogP contribution >= 0.6 is 0 Å². The van der Waals surface area contributed by atoms with E-state index < -0.39 is 5.97 Å². The molecule has 5 aliphatic rings. The lowest BCUT2D eigenvalue weighted by Gasteiger charge is -2.57. The van der Waals surface area contributed by atoms with Crippen molar-refractivity contribution in [2.24, 2.45) is 17.8 Å². The zero-order valence-electron chi connectivity index (χ0n) is 23.0. The second-order valence-electron chi connectivity index (χ2n) is 12.2. The quantitative estimate of drug-likeness (QED) is 0.270. The molecule has 2 aromatic carbocycles. The summed E-state index contributed by atoms with van der Waals surface area (Å²) in [4.78, 5) is 28.7. The van der Waals surface area contributed by atoms with Crippen molar-refractivity contribution in [2.45, 2.75) is 75.9 Å². The standard InChI is InChI=1S/C33H39NO6/c35-30(34-40-32-3-1-2-13-39-32)12-14-38-29-10-9-27(26-7-4-22(5-8-26)6-11-31(36)37)18-28(29)33-19-23-15-24(20-33)17-25(16-23)21-33/h4-11,18,23-25,32H,1-3,12-17,19-21H2,(H,34,35)(H,36,37)/b11-6+. The molecule has 1 aliphatic heterocycles. The number of hydrogen-bond donors (Lipinski definition) is 2. The van der Waals surface area contributed by atoms with Gasteiger partial charge in [-0.3, -0.25) is 4.79 Å². The maximum absolute atomic E-state index is 12.4. The molecule has 1 amide bonds. The maximum Gasteiger partial charge on any atom is 0.328 e. The number of carboxylic acid groups (broad SMARTS) is 1. The van der Waals surface area contributed by atoms with E-state index in [1.54, 1.807) is 6.08 Å². The van der Waals surface area contributed by atoms with Gasteiger partial charge in [0.2, 0.25) is 5.91 Å². The lowest BCUT2D eigenvalue weighted by Crippen LogP contribution is -2.48. The number of carbonyl (C=O) groups is 2. The minimum absolute atomic E-state index is 0.133. The van der Waals surface area contributed by atoms with E-state index in [1.165, 1.54) is 44.1 Å². The van der Waals surface area contributed by atoms with Gasteiger partial charge in [0, 0.05) is 24.7 Å². The molecule has 0 aromatic heterocycles. The van der Waals surface area contributed by atoms with Crippen LogP contribution in [0.15, 0.2) is 48.5 Å². The highest BCUT2D eigenvalue weighted by atomic mass is 16.8. The predicted octanol–water partition coefficient (Wildman–Crippen LogP) is 6.26. The van der Waals surface area contributed by atoms with Crippen LogP contribution in [0.2, 0.25) is 0 Å². The molecular formula is C33H39NO6. The van der Waals surface area contributed by atoms with Crippen LogP contribution in [0, 0.1) is 17.8 Å². The predicted molar refractivity (Wildman–Crippen MR) is 151 cm³/mol. The number of hydrogen-bond acceptors (Lipinski definition) is 5. The van der Waals surface area contributed by atoms with Crippen molar-refractivity contribution < 1.29 is 29.0 Å². The number of nitrogens with one attached hydrogen (secondary N) is 1. The van der Waals surface area contributed by atoms with Crippen LogP contribution in [0.4, 0.5) is 0 Å². The minimum Gasteiger partial charge on any atom is -0.493 e. The summed E-state index contributed by atoms with van der Waals surface area (Å²) >= 11 is 0. The van der Waals surface area contributed by atoms with E-state index in [2.05, 4.69) is 23.7 Å². The molecule has 7 rings (SSSR count). The molecule has 2 N–H and O–H groups in total. The second-order valence-corrected chi connectivity index (χ2v) is 12.2. The average molecular weight is 546 g/mol. The molecule has 4 aliphatic carbocycles. The molecule has 212 valence electrons. The Balaban J connectivity index is 1.19. The SMILES string of the molecule is O=C(O)/C=C/c1ccc(-c2ccc(OCCC(=O)NOC3CCCCO3)c(C34CC5CC(CC(C5)C3)C4)c2)cc1. The lowest BCUT2D eigenvalue weighted by molar-refractivity contribution is -0.200. The van der Waals surface area contributed by atoms with Gasteiger partial charge < -0.3 is 14.6 Å². The van der Waals surface area contributed by atoms with Crippen LogP contribution < -0.4 is 10.2 Å². The Morgan fingerprint density at radius 1 is 0.975 bits per heavy atom. The Morgan fingerprint density at radius 3 is 2.33 bits per heavy atom. The summed E-state index contributed by atoms with van der Waals surface area (Å²) in [6, 6.07) is 14.5. The first-order valence-electron chi connectivity index (χ1n) is 14.8. The van der Waals surface area contributed by atoms with Crippen molar-refractivity contribution in [3.8, 4) is 16.9 Å². The number of aliphatic carboxylic acids is 1. The van der Waals surface area contributed by atoms with Gasteiger partial charge in [0.05, 0.1) is 13.0 Å². The number of ether oxygens (including phenoxy) is 2. The molecule has 2 aromatic rings. The Labute approximate surface area is 235 Å². The summed E-state index contributed by atoms with van der Waals surface area (Å²) in [5.41, 5.74) is 7.02. The Kier molecular flexibility index (Phi) is 7.94. The number of benzene rings is 2. The molecule has 4 bridgehead atoms. The van der Waals surface area contributed by atoms with Crippen molar-refractivity contribution in [3.05, 3.63) is 59.7 Å². The van der Waals surface area contributed by atoms with Gasteiger partial charge in [-0.2, -0.15) is 0 Å². The molecule has 7 heteroatoms. The summed E-state index contributed by atoms with van der Waals surface area (Å²) in [6.07, 6.45) is 13.2. The fourth-order valence-electron chi connectivity index (χ4n) is 7.88. The third-order valence-corrected chi connectivity index (χ3v) is 9.28. The Morgan fingerprint density at radius 2 is 1.68 bits per heavy atom. The minimum atomic E-state index is -0.955. The van der Waals surface area contributed by atoms with Crippen LogP contribution in [-0.4, -0.2) is 36.5 Å². The summed E-state index contributed by atoms with van der Waals surface area (Å²) in [5.74, 6) is 2.12. The number of carbonyl (C=O) groups excluding carboxylic acids is 1. The summed E-state index contributed by atoms with van der Waals surface area (Å²) in [7, 11) is 0. The van der Waals surface area contributed by atoms with Crippen molar-refractivity contribution >= 4 is 18.0 Å². The van der Waals surface area contributed by atoms with Crippen LogP contribution in [0.3, 0.4) is 0 Å².